The van der Waals surface area contributed by atoms with Gasteiger partial charge in [-0.1, -0.05) is 0 Å². The number of nitrogens with two attached hydrogens (primary N) is 1. The van der Waals surface area contributed by atoms with Gasteiger partial charge in [-0.3, -0.25) is 4.79 Å². The van der Waals surface area contributed by atoms with Gasteiger partial charge >= 0.3 is 5.97 Å². The van der Waals surface area contributed by atoms with Crippen LogP contribution in [0.25, 0.3) is 0 Å². The third kappa shape index (κ3) is 4.75. The Hall–Kier alpha value is -0.610. The Bertz CT molecular complexity index is 125. The fraction of sp³-hybridized carbons (Fsp3) is 0.857. The van der Waals surface area contributed by atoms with E-state index in [0.717, 1.165) is 0 Å². The molecule has 66 valence electrons. The maximum absolute atomic E-state index is 10.8. The lowest BCUT2D eigenvalue weighted by atomic mass is 10.3. The molecule has 2 atom stereocenters. The maximum Gasteiger partial charge on any atom is 0.322 e. The molecule has 11 heavy (non-hydrogen) atoms. The molecule has 0 aliphatic carbocycles. The van der Waals surface area contributed by atoms with E-state index in [4.69, 9.17) is 15.2 Å². The summed E-state index contributed by atoms with van der Waals surface area (Å²) < 4.78 is 9.63. The van der Waals surface area contributed by atoms with Crippen LogP contribution in [0.3, 0.4) is 0 Å². The van der Waals surface area contributed by atoms with Crippen LogP contribution < -0.4 is 5.73 Å². The van der Waals surface area contributed by atoms with Crippen molar-refractivity contribution in [1.82, 2.24) is 0 Å². The normalized spacial score (nSPS) is 15.6. The largest absolute Gasteiger partial charge is 0.459 e. The van der Waals surface area contributed by atoms with Crippen molar-refractivity contribution in [1.29, 1.82) is 0 Å². The number of hydrogen-bond acceptors (Lipinski definition) is 4. The topological polar surface area (TPSA) is 61.5 Å². The Kier molecular flexibility index (Phi) is 4.81. The highest BCUT2D eigenvalue weighted by atomic mass is 16.6. The van der Waals surface area contributed by atoms with E-state index >= 15 is 0 Å². The van der Waals surface area contributed by atoms with Gasteiger partial charge in [0.1, 0.15) is 12.1 Å². The monoisotopic (exact) mass is 161 g/mol. The molecular weight excluding hydrogens is 146 g/mol. The van der Waals surface area contributed by atoms with Gasteiger partial charge in [0, 0.05) is 7.11 Å². The number of carbonyl (C=O) groups excluding carboxylic acids is 1. The SMILES string of the molecule is COCC(C)OC(=O)[C@@H](C)N. The molecule has 0 saturated heterocycles. The van der Waals surface area contributed by atoms with E-state index in [1.54, 1.807) is 21.0 Å². The van der Waals surface area contributed by atoms with Crippen LogP contribution in [-0.4, -0.2) is 31.8 Å². The second-order valence-corrected chi connectivity index (χ2v) is 2.49. The Morgan fingerprint density at radius 3 is 2.45 bits per heavy atom. The second-order valence-electron chi connectivity index (χ2n) is 2.49. The van der Waals surface area contributed by atoms with Gasteiger partial charge in [-0.2, -0.15) is 0 Å². The maximum atomic E-state index is 10.8. The van der Waals surface area contributed by atoms with E-state index < -0.39 is 12.0 Å². The molecule has 0 amide bonds. The van der Waals surface area contributed by atoms with Crippen molar-refractivity contribution in [2.45, 2.75) is 26.0 Å². The molecule has 0 aromatic carbocycles. The molecule has 0 aliphatic heterocycles. The van der Waals surface area contributed by atoms with Crippen LogP contribution in [0, 0.1) is 0 Å². The van der Waals surface area contributed by atoms with Crippen molar-refractivity contribution >= 4 is 5.97 Å². The third-order valence-electron chi connectivity index (χ3n) is 1.09. The zero-order valence-electron chi connectivity index (χ0n) is 7.16. The Labute approximate surface area is 66.7 Å². The van der Waals surface area contributed by atoms with Crippen LogP contribution in [-0.2, 0) is 14.3 Å². The van der Waals surface area contributed by atoms with E-state index in [9.17, 15) is 4.79 Å². The summed E-state index contributed by atoms with van der Waals surface area (Å²) >= 11 is 0. The molecule has 2 N–H and O–H groups in total. The van der Waals surface area contributed by atoms with Gasteiger partial charge in [0.2, 0.25) is 0 Å². The van der Waals surface area contributed by atoms with Crippen LogP contribution >= 0.6 is 0 Å². The van der Waals surface area contributed by atoms with E-state index in [0.29, 0.717) is 6.61 Å². The van der Waals surface area contributed by atoms with Crippen molar-refractivity contribution in [3.05, 3.63) is 0 Å². The highest BCUT2D eigenvalue weighted by Crippen LogP contribution is 1.93. The van der Waals surface area contributed by atoms with Crippen molar-refractivity contribution in [3.63, 3.8) is 0 Å². The van der Waals surface area contributed by atoms with E-state index in [2.05, 4.69) is 0 Å². The number of carbonyl (C=O) groups is 1. The van der Waals surface area contributed by atoms with Crippen LogP contribution in [0.1, 0.15) is 13.8 Å². The van der Waals surface area contributed by atoms with E-state index in [-0.39, 0.29) is 6.10 Å². The number of rotatable bonds is 4. The van der Waals surface area contributed by atoms with Gasteiger partial charge in [0.25, 0.3) is 0 Å². The summed E-state index contributed by atoms with van der Waals surface area (Å²) in [5.41, 5.74) is 5.27. The molecule has 0 radical (unpaired) electrons. The van der Waals surface area contributed by atoms with Crippen molar-refractivity contribution in [2.24, 2.45) is 5.73 Å². The first kappa shape index (κ1) is 10.4. The molecule has 0 bridgehead atoms. The summed E-state index contributed by atoms with van der Waals surface area (Å²) in [7, 11) is 1.55. The molecule has 4 heteroatoms. The Balaban J connectivity index is 3.57. The average molecular weight is 161 g/mol. The number of hydrogen-bond donors (Lipinski definition) is 1. The second kappa shape index (κ2) is 5.09. The minimum Gasteiger partial charge on any atom is -0.459 e. The van der Waals surface area contributed by atoms with Crippen molar-refractivity contribution < 1.29 is 14.3 Å². The van der Waals surface area contributed by atoms with Gasteiger partial charge in [0.05, 0.1) is 6.61 Å². The van der Waals surface area contributed by atoms with Gasteiger partial charge < -0.3 is 15.2 Å². The fourth-order valence-corrected chi connectivity index (χ4v) is 0.574. The van der Waals surface area contributed by atoms with Crippen LogP contribution in [0.5, 0.6) is 0 Å². The molecule has 0 spiro atoms. The molecule has 0 fully saturated rings. The number of ether oxygens (including phenoxy) is 2. The Morgan fingerprint density at radius 1 is 1.55 bits per heavy atom. The van der Waals surface area contributed by atoms with Crippen LogP contribution in [0.15, 0.2) is 0 Å². The first-order chi connectivity index (χ1) is 5.07. The van der Waals surface area contributed by atoms with Gasteiger partial charge in [-0.15, -0.1) is 0 Å². The predicted molar refractivity (Wildman–Crippen MR) is 41.1 cm³/mol. The zero-order valence-corrected chi connectivity index (χ0v) is 7.16. The first-order valence-corrected chi connectivity index (χ1v) is 3.53. The summed E-state index contributed by atoms with van der Waals surface area (Å²) in [6, 6.07) is -0.561. The highest BCUT2D eigenvalue weighted by molar-refractivity contribution is 5.75. The predicted octanol–water partition coefficient (Wildman–Crippen LogP) is -0.0883. The smallest absolute Gasteiger partial charge is 0.322 e. The number of methoxy groups -OCH3 is 1. The van der Waals surface area contributed by atoms with Crippen LogP contribution in [0.4, 0.5) is 0 Å². The molecule has 1 unspecified atom stereocenters. The molecule has 0 heterocycles. The standard InChI is InChI=1S/C7H15NO3/c1-5(4-10-3)11-7(9)6(2)8/h5-6H,4,8H2,1-3H3/t5?,6-/m1/s1. The highest BCUT2D eigenvalue weighted by Gasteiger charge is 2.12. The molecule has 0 rings (SSSR count). The lowest BCUT2D eigenvalue weighted by molar-refractivity contribution is -0.151. The van der Waals surface area contributed by atoms with Gasteiger partial charge in [0.15, 0.2) is 0 Å². The Morgan fingerprint density at radius 2 is 2.09 bits per heavy atom. The zero-order chi connectivity index (χ0) is 8.85. The molecular formula is C7H15NO3. The molecule has 4 nitrogen and oxygen atoms in total. The lowest BCUT2D eigenvalue weighted by Crippen LogP contribution is -2.32. The minimum atomic E-state index is -0.561. The molecule has 0 saturated carbocycles. The molecule has 0 aliphatic rings. The lowest BCUT2D eigenvalue weighted by Gasteiger charge is -2.13. The van der Waals surface area contributed by atoms with E-state index in [1.165, 1.54) is 0 Å². The summed E-state index contributed by atoms with van der Waals surface area (Å²) in [4.78, 5) is 10.8. The van der Waals surface area contributed by atoms with E-state index in [1.807, 2.05) is 0 Å². The summed E-state index contributed by atoms with van der Waals surface area (Å²) in [6.45, 7) is 3.74. The van der Waals surface area contributed by atoms with Crippen LogP contribution in [0.2, 0.25) is 0 Å². The molecule has 0 aromatic rings. The molecule has 0 aromatic heterocycles. The fourth-order valence-electron chi connectivity index (χ4n) is 0.574. The van der Waals surface area contributed by atoms with Gasteiger partial charge in [-0.25, -0.2) is 0 Å². The van der Waals surface area contributed by atoms with Gasteiger partial charge in [-0.05, 0) is 13.8 Å². The first-order valence-electron chi connectivity index (χ1n) is 3.53. The van der Waals surface area contributed by atoms with Crippen molar-refractivity contribution in [2.75, 3.05) is 13.7 Å². The quantitative estimate of drug-likeness (QED) is 0.585. The number of esters is 1. The third-order valence-corrected chi connectivity index (χ3v) is 1.09. The van der Waals surface area contributed by atoms with Crippen molar-refractivity contribution in [3.8, 4) is 0 Å². The summed E-state index contributed by atoms with van der Waals surface area (Å²) in [5.74, 6) is -0.394. The average Bonchev–Trinajstić information content (AvgIpc) is 1.87. The summed E-state index contributed by atoms with van der Waals surface area (Å²) in [5, 5.41) is 0. The summed E-state index contributed by atoms with van der Waals surface area (Å²) in [6.07, 6.45) is -0.224. The minimum absolute atomic E-state index is 0.224.